The minimum absolute atomic E-state index is 0.105. The Morgan fingerprint density at radius 1 is 1.25 bits per heavy atom. The first-order chi connectivity index (χ1) is 9.66. The molecular weight excluding hydrogens is 250 g/mol. The molecule has 3 rings (SSSR count). The largest absolute Gasteiger partial charge is 0.492 e. The van der Waals surface area contributed by atoms with Gasteiger partial charge in [0.05, 0.1) is 11.7 Å². The van der Waals surface area contributed by atoms with Gasteiger partial charge in [-0.05, 0) is 49.5 Å². The summed E-state index contributed by atoms with van der Waals surface area (Å²) in [5.41, 5.74) is 10.6. The number of hydrogen-bond donors (Lipinski definition) is 1. The number of benzene rings is 1. The normalized spacial score (nSPS) is 16.1. The molecule has 1 aromatic heterocycles. The van der Waals surface area contributed by atoms with Crippen molar-refractivity contribution in [2.75, 3.05) is 27.2 Å². The van der Waals surface area contributed by atoms with Crippen LogP contribution in [0.25, 0.3) is 11.3 Å². The molecule has 0 fully saturated rings. The maximum absolute atomic E-state index is 6.30. The fraction of sp³-hybridized carbons (Fsp3) is 0.312. The average Bonchev–Trinajstić information content (AvgIpc) is 2.73. The molecule has 1 aromatic carbocycles. The summed E-state index contributed by atoms with van der Waals surface area (Å²) < 4.78 is 5.77. The van der Waals surface area contributed by atoms with Crippen molar-refractivity contribution >= 4 is 0 Å². The molecule has 0 radical (unpaired) electrons. The van der Waals surface area contributed by atoms with Gasteiger partial charge in [0.2, 0.25) is 0 Å². The van der Waals surface area contributed by atoms with Gasteiger partial charge in [-0.1, -0.05) is 6.07 Å². The number of nitrogens with two attached hydrogens (primary N) is 1. The Bertz CT molecular complexity index is 625. The first-order valence-electron chi connectivity index (χ1n) is 6.79. The van der Waals surface area contributed by atoms with E-state index in [1.165, 1.54) is 0 Å². The molecule has 0 saturated carbocycles. The minimum atomic E-state index is -0.105. The van der Waals surface area contributed by atoms with E-state index in [0.29, 0.717) is 6.61 Å². The zero-order valence-corrected chi connectivity index (χ0v) is 11.8. The highest BCUT2D eigenvalue weighted by molar-refractivity contribution is 5.76. The predicted octanol–water partition coefficient (Wildman–Crippen LogP) is 2.05. The van der Waals surface area contributed by atoms with Gasteiger partial charge in [-0.2, -0.15) is 0 Å². The van der Waals surface area contributed by atoms with E-state index in [0.717, 1.165) is 34.7 Å². The van der Waals surface area contributed by atoms with E-state index in [1.54, 1.807) is 0 Å². The van der Waals surface area contributed by atoms with E-state index in [4.69, 9.17) is 10.5 Å². The van der Waals surface area contributed by atoms with Crippen LogP contribution in [-0.4, -0.2) is 37.1 Å². The standard InChI is InChI=1S/C16H19N3O/c1-19(2)8-9-20-11-5-6-12-14(10-11)15(17)13-4-3-7-18-16(12)13/h3-7,10,15H,8-9,17H2,1-2H3. The summed E-state index contributed by atoms with van der Waals surface area (Å²) in [7, 11) is 4.06. The Labute approximate surface area is 119 Å². The SMILES string of the molecule is CN(C)CCOc1ccc2c(c1)C(N)c1cccnc1-2. The molecule has 0 saturated heterocycles. The number of pyridine rings is 1. The lowest BCUT2D eigenvalue weighted by molar-refractivity contribution is 0.261. The Hall–Kier alpha value is -1.91. The van der Waals surface area contributed by atoms with Crippen molar-refractivity contribution in [1.29, 1.82) is 0 Å². The van der Waals surface area contributed by atoms with Gasteiger partial charge in [0.15, 0.2) is 0 Å². The molecule has 0 amide bonds. The Morgan fingerprint density at radius 2 is 2.10 bits per heavy atom. The second kappa shape index (κ2) is 5.23. The Morgan fingerprint density at radius 3 is 2.90 bits per heavy atom. The van der Waals surface area contributed by atoms with Crippen molar-refractivity contribution in [2.24, 2.45) is 5.73 Å². The van der Waals surface area contributed by atoms with E-state index in [1.807, 2.05) is 44.6 Å². The maximum atomic E-state index is 6.30. The summed E-state index contributed by atoms with van der Waals surface area (Å²) in [4.78, 5) is 6.53. The van der Waals surface area contributed by atoms with Crippen LogP contribution in [0.4, 0.5) is 0 Å². The second-order valence-corrected chi connectivity index (χ2v) is 5.32. The van der Waals surface area contributed by atoms with Crippen molar-refractivity contribution < 1.29 is 4.74 Å². The van der Waals surface area contributed by atoms with Crippen LogP contribution in [0.5, 0.6) is 5.75 Å². The first kappa shape index (κ1) is 13.1. The van der Waals surface area contributed by atoms with Crippen LogP contribution in [0.1, 0.15) is 17.2 Å². The molecule has 1 unspecified atom stereocenters. The van der Waals surface area contributed by atoms with Crippen LogP contribution in [-0.2, 0) is 0 Å². The smallest absolute Gasteiger partial charge is 0.119 e. The molecule has 2 aromatic rings. The van der Waals surface area contributed by atoms with Crippen molar-refractivity contribution in [3.8, 4) is 17.0 Å². The first-order valence-corrected chi connectivity index (χ1v) is 6.79. The average molecular weight is 269 g/mol. The maximum Gasteiger partial charge on any atom is 0.119 e. The molecule has 1 heterocycles. The number of hydrogen-bond acceptors (Lipinski definition) is 4. The second-order valence-electron chi connectivity index (χ2n) is 5.32. The Balaban J connectivity index is 1.85. The van der Waals surface area contributed by atoms with Gasteiger partial charge < -0.3 is 15.4 Å². The van der Waals surface area contributed by atoms with Crippen molar-refractivity contribution in [3.63, 3.8) is 0 Å². The van der Waals surface area contributed by atoms with Crippen LogP contribution in [0.15, 0.2) is 36.5 Å². The summed E-state index contributed by atoms with van der Waals surface area (Å²) in [5.74, 6) is 0.869. The molecule has 4 nitrogen and oxygen atoms in total. The quantitative estimate of drug-likeness (QED) is 0.923. The van der Waals surface area contributed by atoms with Crippen LogP contribution in [0, 0.1) is 0 Å². The number of rotatable bonds is 4. The number of nitrogens with zero attached hydrogens (tertiary/aromatic N) is 2. The molecule has 4 heteroatoms. The highest BCUT2D eigenvalue weighted by atomic mass is 16.5. The van der Waals surface area contributed by atoms with Crippen LogP contribution in [0.2, 0.25) is 0 Å². The molecule has 0 bridgehead atoms. The molecule has 2 N–H and O–H groups in total. The molecule has 1 aliphatic carbocycles. The van der Waals surface area contributed by atoms with Crippen LogP contribution in [0.3, 0.4) is 0 Å². The fourth-order valence-electron chi connectivity index (χ4n) is 2.51. The topological polar surface area (TPSA) is 51.4 Å². The third-order valence-corrected chi connectivity index (χ3v) is 3.59. The number of aromatic nitrogens is 1. The van der Waals surface area contributed by atoms with Gasteiger partial charge in [-0.3, -0.25) is 4.98 Å². The highest BCUT2D eigenvalue weighted by Gasteiger charge is 2.26. The number of likely N-dealkylation sites (N-methyl/N-ethyl adjacent to an activating group) is 1. The fourth-order valence-corrected chi connectivity index (χ4v) is 2.51. The van der Waals surface area contributed by atoms with Gasteiger partial charge in [-0.15, -0.1) is 0 Å². The summed E-state index contributed by atoms with van der Waals surface area (Å²) in [5, 5.41) is 0. The zero-order valence-electron chi connectivity index (χ0n) is 11.8. The van der Waals surface area contributed by atoms with Gasteiger partial charge >= 0.3 is 0 Å². The van der Waals surface area contributed by atoms with Gasteiger partial charge in [0.25, 0.3) is 0 Å². The molecule has 20 heavy (non-hydrogen) atoms. The third-order valence-electron chi connectivity index (χ3n) is 3.59. The summed E-state index contributed by atoms with van der Waals surface area (Å²) in [6.07, 6.45) is 1.81. The summed E-state index contributed by atoms with van der Waals surface area (Å²) >= 11 is 0. The highest BCUT2D eigenvalue weighted by Crippen LogP contribution is 2.41. The molecule has 1 atom stereocenters. The molecule has 1 aliphatic rings. The van der Waals surface area contributed by atoms with Crippen molar-refractivity contribution in [3.05, 3.63) is 47.7 Å². The zero-order chi connectivity index (χ0) is 14.1. The third kappa shape index (κ3) is 2.28. The summed E-state index contributed by atoms with van der Waals surface area (Å²) in [6.45, 7) is 1.57. The van der Waals surface area contributed by atoms with Crippen molar-refractivity contribution in [1.82, 2.24) is 9.88 Å². The number of ether oxygens (including phenoxy) is 1. The molecular formula is C16H19N3O. The molecule has 0 aliphatic heterocycles. The molecule has 0 spiro atoms. The number of fused-ring (bicyclic) bond motifs is 3. The lowest BCUT2D eigenvalue weighted by Crippen LogP contribution is -2.19. The van der Waals surface area contributed by atoms with E-state index >= 15 is 0 Å². The lowest BCUT2D eigenvalue weighted by Gasteiger charge is -2.12. The van der Waals surface area contributed by atoms with E-state index in [-0.39, 0.29) is 6.04 Å². The molecule has 104 valence electrons. The van der Waals surface area contributed by atoms with E-state index in [2.05, 4.69) is 16.0 Å². The van der Waals surface area contributed by atoms with E-state index in [9.17, 15) is 0 Å². The van der Waals surface area contributed by atoms with Crippen LogP contribution >= 0.6 is 0 Å². The van der Waals surface area contributed by atoms with Gasteiger partial charge in [-0.25, -0.2) is 0 Å². The van der Waals surface area contributed by atoms with Gasteiger partial charge in [0.1, 0.15) is 12.4 Å². The van der Waals surface area contributed by atoms with Crippen LogP contribution < -0.4 is 10.5 Å². The van der Waals surface area contributed by atoms with E-state index < -0.39 is 0 Å². The van der Waals surface area contributed by atoms with Gasteiger partial charge in [0, 0.05) is 18.3 Å². The monoisotopic (exact) mass is 269 g/mol. The predicted molar refractivity (Wildman–Crippen MR) is 79.8 cm³/mol. The Kier molecular flexibility index (Phi) is 3.42. The minimum Gasteiger partial charge on any atom is -0.492 e. The summed E-state index contributed by atoms with van der Waals surface area (Å²) in [6, 6.07) is 9.95. The van der Waals surface area contributed by atoms with Crippen molar-refractivity contribution in [2.45, 2.75) is 6.04 Å². The lowest BCUT2D eigenvalue weighted by atomic mass is 10.1.